The Morgan fingerprint density at radius 2 is 1.38 bits per heavy atom. The van der Waals surface area contributed by atoms with Gasteiger partial charge in [0.15, 0.2) is 0 Å². The lowest BCUT2D eigenvalue weighted by molar-refractivity contribution is -0.131. The van der Waals surface area contributed by atoms with Crippen molar-refractivity contribution < 1.29 is 22.2 Å². The molecule has 3 rings (SSSR count). The van der Waals surface area contributed by atoms with Gasteiger partial charge in [0, 0.05) is 12.6 Å². The molecule has 1 amide bonds. The fourth-order valence-electron chi connectivity index (χ4n) is 2.74. The molecule has 0 aromatic heterocycles. The summed E-state index contributed by atoms with van der Waals surface area (Å²) in [5.74, 6) is -0.995. The van der Waals surface area contributed by atoms with Gasteiger partial charge in [-0.05, 0) is 41.0 Å². The third kappa shape index (κ3) is 5.52. The highest BCUT2D eigenvalue weighted by atomic mass is 32.2. The second-order valence-corrected chi connectivity index (χ2v) is 7.89. The fourth-order valence-corrected chi connectivity index (χ4v) is 3.62. The van der Waals surface area contributed by atoms with Crippen molar-refractivity contribution in [1.29, 1.82) is 0 Å². The van der Waals surface area contributed by atoms with Crippen molar-refractivity contribution in [3.63, 3.8) is 0 Å². The van der Waals surface area contributed by atoms with Crippen LogP contribution in [0.15, 0.2) is 83.8 Å². The Hall–Kier alpha value is -3.45. The zero-order chi connectivity index (χ0) is 20.9. The van der Waals surface area contributed by atoms with Crippen LogP contribution < -0.4 is 5.32 Å². The summed E-state index contributed by atoms with van der Waals surface area (Å²) in [5, 5.41) is 2.84. The maximum Gasteiger partial charge on any atom is 0.341 e. The fraction of sp³-hybridized carbons (Fsp3) is 0.0909. The van der Waals surface area contributed by atoms with E-state index >= 15 is 0 Å². The van der Waals surface area contributed by atoms with E-state index in [2.05, 4.69) is 9.50 Å². The van der Waals surface area contributed by atoms with Gasteiger partial charge in [-0.3, -0.25) is 9.59 Å². The number of hydrogen-bond acceptors (Lipinski definition) is 5. The summed E-state index contributed by atoms with van der Waals surface area (Å²) >= 11 is 0. The molecule has 0 radical (unpaired) electrons. The molecule has 0 unspecified atom stereocenters. The summed E-state index contributed by atoms with van der Waals surface area (Å²) in [6.45, 7) is 1.04. The quantitative estimate of drug-likeness (QED) is 0.626. The number of nitrogens with one attached hydrogen (secondary N) is 1. The minimum atomic E-state index is -4.10. The van der Waals surface area contributed by atoms with Crippen molar-refractivity contribution in [2.24, 2.45) is 0 Å². The van der Waals surface area contributed by atoms with Gasteiger partial charge >= 0.3 is 16.1 Å². The Morgan fingerprint density at radius 3 is 1.93 bits per heavy atom. The molecular weight excluding hydrogens is 390 g/mol. The number of carbonyl (C=O) groups is 2. The second-order valence-electron chi connectivity index (χ2n) is 6.34. The molecular formula is C22H19NO5S. The smallest absolute Gasteiger partial charge is 0.341 e. The second kappa shape index (κ2) is 8.70. The van der Waals surface area contributed by atoms with Crippen LogP contribution >= 0.6 is 0 Å². The lowest BCUT2D eigenvalue weighted by atomic mass is 10.0. The highest BCUT2D eigenvalue weighted by Gasteiger charge is 2.17. The molecule has 1 N–H and O–H groups in total. The van der Waals surface area contributed by atoms with Crippen LogP contribution in [0.4, 0.5) is 5.69 Å². The van der Waals surface area contributed by atoms with Crippen molar-refractivity contribution in [2.45, 2.75) is 18.2 Å². The molecule has 0 aliphatic carbocycles. The van der Waals surface area contributed by atoms with Gasteiger partial charge in [-0.15, -0.1) is 0 Å². The molecule has 0 saturated heterocycles. The molecule has 0 fully saturated rings. The van der Waals surface area contributed by atoms with E-state index in [4.69, 9.17) is 0 Å². The van der Waals surface area contributed by atoms with Crippen molar-refractivity contribution >= 4 is 27.7 Å². The minimum absolute atomic E-state index is 0.0920. The number of amides is 1. The van der Waals surface area contributed by atoms with Crippen LogP contribution in [0, 0.1) is 0 Å². The molecule has 29 heavy (non-hydrogen) atoms. The zero-order valence-electron chi connectivity index (χ0n) is 15.7. The molecule has 0 bridgehead atoms. The van der Waals surface area contributed by atoms with Gasteiger partial charge in [0.25, 0.3) is 0 Å². The van der Waals surface area contributed by atoms with Crippen LogP contribution in [0.2, 0.25) is 0 Å². The Bertz CT molecular complexity index is 1110. The number of carbonyl (C=O) groups excluding carboxylic acids is 2. The van der Waals surface area contributed by atoms with Crippen molar-refractivity contribution in [1.82, 2.24) is 0 Å². The van der Waals surface area contributed by atoms with E-state index < -0.39 is 16.1 Å². The van der Waals surface area contributed by atoms with Crippen LogP contribution in [0.1, 0.15) is 12.5 Å². The first-order valence-corrected chi connectivity index (χ1v) is 10.2. The van der Waals surface area contributed by atoms with Gasteiger partial charge in [0.05, 0.1) is 6.42 Å². The van der Waals surface area contributed by atoms with Gasteiger partial charge in [-0.1, -0.05) is 54.6 Å². The van der Waals surface area contributed by atoms with Gasteiger partial charge in [0.2, 0.25) is 5.91 Å². The number of hydrogen-bond donors (Lipinski definition) is 1. The summed E-state index contributed by atoms with van der Waals surface area (Å²) in [6, 6.07) is 22.7. The van der Waals surface area contributed by atoms with Crippen LogP contribution in [0.3, 0.4) is 0 Å². The first-order valence-electron chi connectivity index (χ1n) is 8.83. The van der Waals surface area contributed by atoms with Gasteiger partial charge in [-0.2, -0.15) is 8.42 Å². The van der Waals surface area contributed by atoms with Crippen LogP contribution in [0.5, 0.6) is 0 Å². The molecule has 0 atom stereocenters. The third-order valence-corrected chi connectivity index (χ3v) is 5.38. The molecule has 3 aromatic rings. The van der Waals surface area contributed by atoms with E-state index in [9.17, 15) is 18.0 Å². The summed E-state index contributed by atoms with van der Waals surface area (Å²) in [6.07, 6.45) is 0.245. The highest BCUT2D eigenvalue weighted by Crippen LogP contribution is 2.23. The largest absolute Gasteiger partial charge is 0.343 e. The predicted octanol–water partition coefficient (Wildman–Crippen LogP) is 3.79. The summed E-state index contributed by atoms with van der Waals surface area (Å²) in [5.41, 5.74) is 3.27. The normalized spacial score (nSPS) is 10.9. The topological polar surface area (TPSA) is 89.5 Å². The van der Waals surface area contributed by atoms with Crippen molar-refractivity contribution in [3.8, 4) is 11.1 Å². The molecule has 6 nitrogen and oxygen atoms in total. The van der Waals surface area contributed by atoms with Gasteiger partial charge < -0.3 is 9.50 Å². The predicted molar refractivity (Wildman–Crippen MR) is 110 cm³/mol. The maximum atomic E-state index is 12.1. The van der Waals surface area contributed by atoms with E-state index in [-0.39, 0.29) is 17.2 Å². The summed E-state index contributed by atoms with van der Waals surface area (Å²) in [4.78, 5) is 23.0. The van der Waals surface area contributed by atoms with E-state index in [1.165, 1.54) is 12.1 Å². The number of rotatable bonds is 6. The molecule has 148 valence electrons. The van der Waals surface area contributed by atoms with Gasteiger partial charge in [0.1, 0.15) is 4.90 Å². The molecule has 0 aliphatic heterocycles. The molecule has 0 saturated carbocycles. The number of para-hydroxylation sites is 1. The SMILES string of the molecule is CC(=O)OS(=O)(=O)c1ccc(-c2ccc(CC(=O)Nc3ccccc3)cc2)cc1. The van der Waals surface area contributed by atoms with Crippen LogP contribution in [-0.4, -0.2) is 20.3 Å². The average molecular weight is 409 g/mol. The molecule has 0 spiro atoms. The van der Waals surface area contributed by atoms with Crippen LogP contribution in [0.25, 0.3) is 11.1 Å². The third-order valence-electron chi connectivity index (χ3n) is 4.08. The Balaban J connectivity index is 1.67. The van der Waals surface area contributed by atoms with Crippen molar-refractivity contribution in [3.05, 3.63) is 84.4 Å². The molecule has 0 aliphatic rings. The first kappa shape index (κ1) is 20.3. The van der Waals surface area contributed by atoms with E-state index in [0.29, 0.717) is 0 Å². The van der Waals surface area contributed by atoms with E-state index in [1.807, 2.05) is 54.6 Å². The number of anilines is 1. The Kier molecular flexibility index (Phi) is 6.09. The lowest BCUT2D eigenvalue weighted by Crippen LogP contribution is -2.14. The van der Waals surface area contributed by atoms with E-state index in [0.717, 1.165) is 29.3 Å². The van der Waals surface area contributed by atoms with Crippen LogP contribution in [-0.2, 0) is 30.3 Å². The highest BCUT2D eigenvalue weighted by molar-refractivity contribution is 7.87. The molecule has 3 aromatic carbocycles. The molecule has 7 heteroatoms. The Labute approximate surface area is 169 Å². The monoisotopic (exact) mass is 409 g/mol. The first-order chi connectivity index (χ1) is 13.8. The van der Waals surface area contributed by atoms with E-state index in [1.54, 1.807) is 12.1 Å². The van der Waals surface area contributed by atoms with Crippen molar-refractivity contribution in [2.75, 3.05) is 5.32 Å². The lowest BCUT2D eigenvalue weighted by Gasteiger charge is -2.07. The zero-order valence-corrected chi connectivity index (χ0v) is 16.5. The maximum absolute atomic E-state index is 12.1. The molecule has 0 heterocycles. The Morgan fingerprint density at radius 1 is 0.828 bits per heavy atom. The number of benzene rings is 3. The summed E-state index contributed by atoms with van der Waals surface area (Å²) < 4.78 is 28.1. The van der Waals surface area contributed by atoms with Gasteiger partial charge in [-0.25, -0.2) is 0 Å². The summed E-state index contributed by atoms with van der Waals surface area (Å²) in [7, 11) is -4.10. The standard InChI is InChI=1S/C22H19NO5S/c1-16(24)28-29(26,27)21-13-11-19(12-14-21)18-9-7-17(8-10-18)15-22(25)23-20-5-3-2-4-6-20/h2-14H,15H2,1H3,(H,23,25). The minimum Gasteiger partial charge on any atom is -0.343 e. The average Bonchev–Trinajstić information content (AvgIpc) is 2.68.